The van der Waals surface area contributed by atoms with Gasteiger partial charge in [-0.15, -0.1) is 0 Å². The number of methoxy groups -OCH3 is 1. The zero-order chi connectivity index (χ0) is 19.5. The van der Waals surface area contributed by atoms with Gasteiger partial charge in [0.05, 0.1) is 18.6 Å². The largest absolute Gasteiger partial charge is 0.496 e. The number of likely N-dealkylation sites (tertiary alicyclic amines) is 1. The van der Waals surface area contributed by atoms with Crippen LogP contribution in [-0.4, -0.2) is 41.1 Å². The van der Waals surface area contributed by atoms with Gasteiger partial charge in [0.1, 0.15) is 5.75 Å². The maximum atomic E-state index is 13.0. The third-order valence-electron chi connectivity index (χ3n) is 4.92. The summed E-state index contributed by atoms with van der Waals surface area (Å²) in [5.74, 6) is 1.60. The van der Waals surface area contributed by atoms with Gasteiger partial charge in [-0.05, 0) is 37.1 Å². The van der Waals surface area contributed by atoms with E-state index < -0.39 is 0 Å². The van der Waals surface area contributed by atoms with Crippen molar-refractivity contribution in [2.75, 3.05) is 20.2 Å². The zero-order valence-electron chi connectivity index (χ0n) is 15.5. The van der Waals surface area contributed by atoms with Crippen LogP contribution in [0.4, 0.5) is 0 Å². The van der Waals surface area contributed by atoms with Crippen molar-refractivity contribution >= 4 is 17.5 Å². The highest BCUT2D eigenvalue weighted by Gasteiger charge is 2.30. The minimum atomic E-state index is -0.0447. The Bertz CT molecular complexity index is 988. The number of nitrogens with zero attached hydrogens (tertiary/aromatic N) is 3. The molecule has 1 fully saturated rings. The van der Waals surface area contributed by atoms with Crippen LogP contribution in [0.5, 0.6) is 5.75 Å². The first-order chi connectivity index (χ1) is 13.7. The number of hydrogen-bond donors (Lipinski definition) is 0. The first-order valence-electron chi connectivity index (χ1n) is 9.17. The number of rotatable bonds is 4. The van der Waals surface area contributed by atoms with Gasteiger partial charge >= 0.3 is 0 Å². The highest BCUT2D eigenvalue weighted by atomic mass is 35.5. The third-order valence-corrected chi connectivity index (χ3v) is 5.15. The van der Waals surface area contributed by atoms with E-state index in [4.69, 9.17) is 20.9 Å². The second-order valence-corrected chi connectivity index (χ2v) is 7.19. The Kier molecular flexibility index (Phi) is 5.30. The molecule has 0 saturated carbocycles. The number of ether oxygens (including phenoxy) is 1. The van der Waals surface area contributed by atoms with Crippen LogP contribution in [0, 0.1) is 0 Å². The molecule has 1 aliphatic heterocycles. The molecule has 0 N–H and O–H groups in total. The van der Waals surface area contributed by atoms with E-state index in [1.54, 1.807) is 31.4 Å². The maximum absolute atomic E-state index is 13.0. The van der Waals surface area contributed by atoms with E-state index in [9.17, 15) is 4.79 Å². The van der Waals surface area contributed by atoms with Crippen molar-refractivity contribution in [2.45, 2.75) is 18.8 Å². The number of halogens is 1. The van der Waals surface area contributed by atoms with Crippen LogP contribution >= 0.6 is 11.6 Å². The van der Waals surface area contributed by atoms with E-state index in [1.807, 2.05) is 29.2 Å². The quantitative estimate of drug-likeness (QED) is 0.651. The van der Waals surface area contributed by atoms with Crippen molar-refractivity contribution in [2.24, 2.45) is 0 Å². The summed E-state index contributed by atoms with van der Waals surface area (Å²) in [5, 5.41) is 4.71. The van der Waals surface area contributed by atoms with Crippen LogP contribution in [0.15, 0.2) is 53.1 Å². The number of hydrogen-bond acceptors (Lipinski definition) is 5. The number of aromatic nitrogens is 2. The van der Waals surface area contributed by atoms with Crippen LogP contribution < -0.4 is 4.74 Å². The SMILES string of the molecule is COc1ccccc1C(=O)N1CCCC(c2nc(-c3cccc(Cl)c3)no2)C1. The third kappa shape index (κ3) is 3.73. The highest BCUT2D eigenvalue weighted by molar-refractivity contribution is 6.30. The molecule has 0 aliphatic carbocycles. The molecule has 1 saturated heterocycles. The van der Waals surface area contributed by atoms with E-state index in [-0.39, 0.29) is 11.8 Å². The summed E-state index contributed by atoms with van der Waals surface area (Å²) in [4.78, 5) is 19.4. The van der Waals surface area contributed by atoms with Gasteiger partial charge in [-0.2, -0.15) is 4.98 Å². The standard InChI is InChI=1S/C21H20ClN3O3/c1-27-18-10-3-2-9-17(18)21(26)25-11-5-7-15(13-25)20-23-19(24-28-20)14-6-4-8-16(22)12-14/h2-4,6,8-10,12,15H,5,7,11,13H2,1H3. The van der Waals surface area contributed by atoms with E-state index in [0.717, 1.165) is 18.4 Å². The Hall–Kier alpha value is -2.86. The molecule has 2 heterocycles. The fourth-order valence-electron chi connectivity index (χ4n) is 3.50. The monoisotopic (exact) mass is 397 g/mol. The lowest BCUT2D eigenvalue weighted by molar-refractivity contribution is 0.0692. The van der Waals surface area contributed by atoms with Crippen molar-refractivity contribution in [1.29, 1.82) is 0 Å². The second kappa shape index (κ2) is 8.02. The summed E-state index contributed by atoms with van der Waals surface area (Å²) in [6.07, 6.45) is 1.77. The highest BCUT2D eigenvalue weighted by Crippen LogP contribution is 2.30. The van der Waals surface area contributed by atoms with Crippen LogP contribution in [0.2, 0.25) is 5.02 Å². The Morgan fingerprint density at radius 2 is 2.11 bits per heavy atom. The average Bonchev–Trinajstić information content (AvgIpc) is 3.24. The van der Waals surface area contributed by atoms with Crippen molar-refractivity contribution in [1.82, 2.24) is 15.0 Å². The summed E-state index contributed by atoms with van der Waals surface area (Å²) in [6.45, 7) is 1.23. The van der Waals surface area contributed by atoms with Gasteiger partial charge in [0.15, 0.2) is 0 Å². The zero-order valence-corrected chi connectivity index (χ0v) is 16.2. The van der Waals surface area contributed by atoms with Gasteiger partial charge in [0.2, 0.25) is 11.7 Å². The predicted octanol–water partition coefficient (Wildman–Crippen LogP) is 4.42. The summed E-state index contributed by atoms with van der Waals surface area (Å²) >= 11 is 6.05. The minimum Gasteiger partial charge on any atom is -0.496 e. The lowest BCUT2D eigenvalue weighted by Crippen LogP contribution is -2.39. The van der Waals surface area contributed by atoms with E-state index in [0.29, 0.717) is 41.1 Å². The molecule has 0 spiro atoms. The Morgan fingerprint density at radius 3 is 2.93 bits per heavy atom. The summed E-state index contributed by atoms with van der Waals surface area (Å²) in [5.41, 5.74) is 1.37. The first-order valence-corrected chi connectivity index (χ1v) is 9.55. The summed E-state index contributed by atoms with van der Waals surface area (Å²) < 4.78 is 10.8. The van der Waals surface area contributed by atoms with E-state index in [1.165, 1.54) is 0 Å². The molecule has 1 atom stereocenters. The van der Waals surface area contributed by atoms with Gasteiger partial charge in [-0.3, -0.25) is 4.79 Å². The smallest absolute Gasteiger partial charge is 0.257 e. The molecule has 6 nitrogen and oxygen atoms in total. The predicted molar refractivity (Wildman–Crippen MR) is 106 cm³/mol. The molecule has 1 aromatic heterocycles. The van der Waals surface area contributed by atoms with Gasteiger partial charge < -0.3 is 14.2 Å². The van der Waals surface area contributed by atoms with Crippen molar-refractivity contribution in [3.63, 3.8) is 0 Å². The van der Waals surface area contributed by atoms with Crippen molar-refractivity contribution in [3.8, 4) is 17.1 Å². The average molecular weight is 398 g/mol. The topological polar surface area (TPSA) is 68.5 Å². The molecule has 0 bridgehead atoms. The molecular weight excluding hydrogens is 378 g/mol. The van der Waals surface area contributed by atoms with Crippen molar-refractivity contribution < 1.29 is 14.1 Å². The Balaban J connectivity index is 1.52. The van der Waals surface area contributed by atoms with E-state index >= 15 is 0 Å². The van der Waals surface area contributed by atoms with E-state index in [2.05, 4.69) is 10.1 Å². The molecule has 2 aromatic carbocycles. The first kappa shape index (κ1) is 18.5. The fraction of sp³-hybridized carbons (Fsp3) is 0.286. The number of amides is 1. The number of benzene rings is 2. The minimum absolute atomic E-state index is 0.00726. The van der Waals surface area contributed by atoms with Gasteiger partial charge in [-0.1, -0.05) is 41.0 Å². The molecular formula is C21H20ClN3O3. The fourth-order valence-corrected chi connectivity index (χ4v) is 3.69. The van der Waals surface area contributed by atoms with Crippen LogP contribution in [0.1, 0.15) is 35.0 Å². The summed E-state index contributed by atoms with van der Waals surface area (Å²) in [7, 11) is 1.57. The molecule has 3 aromatic rings. The number of para-hydroxylation sites is 1. The molecule has 144 valence electrons. The molecule has 1 amide bonds. The number of carbonyl (C=O) groups is 1. The molecule has 28 heavy (non-hydrogen) atoms. The molecule has 1 unspecified atom stereocenters. The maximum Gasteiger partial charge on any atom is 0.257 e. The number of carbonyl (C=O) groups excluding carboxylic acids is 1. The lowest BCUT2D eigenvalue weighted by atomic mass is 9.97. The molecule has 1 aliphatic rings. The Labute approximate surface area is 168 Å². The van der Waals surface area contributed by atoms with Gasteiger partial charge in [0, 0.05) is 23.7 Å². The molecule has 4 rings (SSSR count). The van der Waals surface area contributed by atoms with Crippen molar-refractivity contribution in [3.05, 3.63) is 65.0 Å². The van der Waals surface area contributed by atoms with Crippen LogP contribution in [0.3, 0.4) is 0 Å². The normalized spacial score (nSPS) is 16.8. The number of piperidine rings is 1. The molecule has 0 radical (unpaired) electrons. The summed E-state index contributed by atoms with van der Waals surface area (Å²) in [6, 6.07) is 14.6. The van der Waals surface area contributed by atoms with Gasteiger partial charge in [0.25, 0.3) is 5.91 Å². The van der Waals surface area contributed by atoms with Gasteiger partial charge in [-0.25, -0.2) is 0 Å². The lowest BCUT2D eigenvalue weighted by Gasteiger charge is -2.31. The van der Waals surface area contributed by atoms with Crippen LogP contribution in [-0.2, 0) is 0 Å². The Morgan fingerprint density at radius 1 is 1.25 bits per heavy atom. The second-order valence-electron chi connectivity index (χ2n) is 6.76. The molecule has 7 heteroatoms. The van der Waals surface area contributed by atoms with Crippen LogP contribution in [0.25, 0.3) is 11.4 Å².